The zero-order valence-corrected chi connectivity index (χ0v) is 18.6. The van der Waals surface area contributed by atoms with Crippen molar-refractivity contribution in [3.8, 4) is 5.75 Å². The van der Waals surface area contributed by atoms with Gasteiger partial charge in [-0.05, 0) is 44.5 Å². The van der Waals surface area contributed by atoms with Crippen molar-refractivity contribution < 1.29 is 29.0 Å². The van der Waals surface area contributed by atoms with Gasteiger partial charge >= 0.3 is 11.9 Å². The van der Waals surface area contributed by atoms with Gasteiger partial charge in [-0.15, -0.1) is 0 Å². The first-order valence-electron chi connectivity index (χ1n) is 8.92. The Morgan fingerprint density at radius 2 is 1.80 bits per heavy atom. The van der Waals surface area contributed by atoms with Gasteiger partial charge in [0.1, 0.15) is 5.75 Å². The highest BCUT2D eigenvalue weighted by Crippen LogP contribution is 2.48. The van der Waals surface area contributed by atoms with Crippen LogP contribution in [0.25, 0.3) is 0 Å². The van der Waals surface area contributed by atoms with Crippen LogP contribution in [-0.2, 0) is 19.1 Å². The van der Waals surface area contributed by atoms with E-state index in [-0.39, 0.29) is 22.5 Å². The highest BCUT2D eigenvalue weighted by molar-refractivity contribution is 8.07. The number of aryl methyl sites for hydroxylation is 1. The summed E-state index contributed by atoms with van der Waals surface area (Å²) in [4.78, 5) is 40.9. The molecule has 0 amide bonds. The molecule has 0 saturated heterocycles. The molecule has 9 heteroatoms. The number of halogens is 1. The van der Waals surface area contributed by atoms with Gasteiger partial charge in [0.2, 0.25) is 0 Å². The van der Waals surface area contributed by atoms with Crippen LogP contribution in [0.4, 0.5) is 0 Å². The van der Waals surface area contributed by atoms with Crippen LogP contribution in [0.1, 0.15) is 29.8 Å². The first-order valence-corrected chi connectivity index (χ1v) is 10.1. The molecule has 158 valence electrons. The van der Waals surface area contributed by atoms with E-state index in [0.29, 0.717) is 21.3 Å². The number of ketones is 1. The average Bonchev–Trinajstić information content (AvgIpc) is 3.02. The number of hydrogen-bond donors (Lipinski definition) is 1. The van der Waals surface area contributed by atoms with Crippen molar-refractivity contribution in [1.82, 2.24) is 4.90 Å². The third-order valence-electron chi connectivity index (χ3n) is 5.03. The van der Waals surface area contributed by atoms with Gasteiger partial charge in [-0.25, -0.2) is 9.59 Å². The number of esters is 2. The predicted molar refractivity (Wildman–Crippen MR) is 113 cm³/mol. The number of thioether (sulfide) groups is 1. The summed E-state index contributed by atoms with van der Waals surface area (Å²) in [5.74, 6) is -2.18. The number of phenols is 1. The molecule has 0 aromatic heterocycles. The van der Waals surface area contributed by atoms with Crippen molar-refractivity contribution in [2.24, 2.45) is 0 Å². The van der Waals surface area contributed by atoms with Crippen molar-refractivity contribution in [2.45, 2.75) is 26.8 Å². The number of Topliss-reactive ketones (excluding diaryl/α,β-unsaturated/α-hetero) is 1. The lowest BCUT2D eigenvalue weighted by molar-refractivity contribution is -0.147. The molecule has 2 aliphatic rings. The van der Waals surface area contributed by atoms with Gasteiger partial charge in [-0.3, -0.25) is 4.79 Å². The molecule has 0 saturated carbocycles. The highest BCUT2D eigenvalue weighted by Gasteiger charge is 2.45. The van der Waals surface area contributed by atoms with Gasteiger partial charge in [0.15, 0.2) is 11.8 Å². The monoisotopic (exact) mass is 449 g/mol. The topological polar surface area (TPSA) is 93.1 Å². The summed E-state index contributed by atoms with van der Waals surface area (Å²) in [5, 5.41) is 11.1. The Bertz CT molecular complexity index is 1070. The van der Waals surface area contributed by atoms with Crippen molar-refractivity contribution in [1.29, 1.82) is 0 Å². The fourth-order valence-corrected chi connectivity index (χ4v) is 4.61. The van der Waals surface area contributed by atoms with E-state index in [1.54, 1.807) is 18.7 Å². The van der Waals surface area contributed by atoms with Gasteiger partial charge in [0.05, 0.1) is 36.0 Å². The maximum absolute atomic E-state index is 13.4. The number of hydrogen-bond acceptors (Lipinski definition) is 8. The summed E-state index contributed by atoms with van der Waals surface area (Å²) in [6.07, 6.45) is 1.33. The SMILES string of the molecule is COC(=O)C1=CC(C(=O)c2cc(Cl)c(C)cc2O)=C2SC(C)=C(C)N2C1C(=O)OC. The molecule has 0 spiro atoms. The molecule has 1 N–H and O–H groups in total. The van der Waals surface area contributed by atoms with Crippen molar-refractivity contribution in [3.63, 3.8) is 0 Å². The maximum Gasteiger partial charge on any atom is 0.336 e. The zero-order valence-electron chi connectivity index (χ0n) is 17.0. The molecule has 0 aliphatic carbocycles. The molecule has 2 aliphatic heterocycles. The van der Waals surface area contributed by atoms with Gasteiger partial charge in [0, 0.05) is 15.6 Å². The number of benzene rings is 1. The summed E-state index contributed by atoms with van der Waals surface area (Å²) in [6.45, 7) is 5.34. The lowest BCUT2D eigenvalue weighted by Gasteiger charge is -2.34. The normalized spacial score (nSPS) is 18.3. The Labute approximate surface area is 183 Å². The third kappa shape index (κ3) is 3.50. The Morgan fingerprint density at radius 3 is 2.40 bits per heavy atom. The van der Waals surface area contributed by atoms with Gasteiger partial charge in [-0.1, -0.05) is 23.4 Å². The number of methoxy groups -OCH3 is 2. The second-order valence-corrected chi connectivity index (χ2v) is 8.41. The molecule has 1 aromatic carbocycles. The lowest BCUT2D eigenvalue weighted by Crippen LogP contribution is -2.44. The first kappa shape index (κ1) is 22.0. The van der Waals surface area contributed by atoms with Crippen LogP contribution in [0.3, 0.4) is 0 Å². The summed E-state index contributed by atoms with van der Waals surface area (Å²) in [5.41, 5.74) is 1.42. The number of ether oxygens (including phenoxy) is 2. The molecule has 7 nitrogen and oxygen atoms in total. The summed E-state index contributed by atoms with van der Waals surface area (Å²) in [6, 6.07) is 1.70. The molecule has 30 heavy (non-hydrogen) atoms. The number of rotatable bonds is 4. The molecule has 1 atom stereocenters. The average molecular weight is 450 g/mol. The molecular weight excluding hydrogens is 430 g/mol. The van der Waals surface area contributed by atoms with E-state index >= 15 is 0 Å². The quantitative estimate of drug-likeness (QED) is 0.549. The summed E-state index contributed by atoms with van der Waals surface area (Å²) >= 11 is 7.46. The van der Waals surface area contributed by atoms with Crippen molar-refractivity contribution >= 4 is 41.1 Å². The van der Waals surface area contributed by atoms with Crippen LogP contribution in [0, 0.1) is 6.92 Å². The minimum atomic E-state index is -1.09. The van der Waals surface area contributed by atoms with E-state index in [4.69, 9.17) is 21.1 Å². The molecule has 0 fully saturated rings. The highest BCUT2D eigenvalue weighted by atomic mass is 35.5. The molecular formula is C21H20ClNO6S. The second-order valence-electron chi connectivity index (χ2n) is 6.80. The van der Waals surface area contributed by atoms with Crippen molar-refractivity contribution in [2.75, 3.05) is 14.2 Å². The second kappa shape index (κ2) is 8.20. The van der Waals surface area contributed by atoms with Crippen LogP contribution in [0.2, 0.25) is 5.02 Å². The molecule has 3 rings (SSSR count). The van der Waals surface area contributed by atoms with Crippen LogP contribution in [0.5, 0.6) is 5.75 Å². The minimum absolute atomic E-state index is 0.00663. The Hall–Kier alpha value is -2.71. The van der Waals surface area contributed by atoms with Gasteiger partial charge in [-0.2, -0.15) is 0 Å². The van der Waals surface area contributed by atoms with Crippen LogP contribution < -0.4 is 0 Å². The van der Waals surface area contributed by atoms with Crippen LogP contribution in [0.15, 0.2) is 45.0 Å². The van der Waals surface area contributed by atoms with E-state index in [0.717, 1.165) is 4.91 Å². The molecule has 2 heterocycles. The Kier molecular flexibility index (Phi) is 6.01. The fourth-order valence-electron chi connectivity index (χ4n) is 3.31. The largest absolute Gasteiger partial charge is 0.507 e. The molecule has 1 unspecified atom stereocenters. The zero-order chi connectivity index (χ0) is 22.3. The number of fused-ring (bicyclic) bond motifs is 1. The van der Waals surface area contributed by atoms with Gasteiger partial charge in [0.25, 0.3) is 0 Å². The summed E-state index contributed by atoms with van der Waals surface area (Å²) < 4.78 is 9.76. The van der Waals surface area contributed by atoms with E-state index < -0.39 is 23.8 Å². The molecule has 1 aromatic rings. The number of phenolic OH excluding ortho intramolecular Hbond substituents is 1. The standard InChI is InChI=1S/C21H20ClNO6S/c1-9-6-16(24)12(8-15(9)22)18(25)14-7-13(20(26)28-4)17(21(27)29-5)23-10(2)11(3)30-19(14)23/h6-8,17,24H,1-5H3. The van der Waals surface area contributed by atoms with E-state index in [1.165, 1.54) is 44.2 Å². The molecule has 0 radical (unpaired) electrons. The minimum Gasteiger partial charge on any atom is -0.507 e. The number of allylic oxidation sites excluding steroid dienone is 4. The Morgan fingerprint density at radius 1 is 1.13 bits per heavy atom. The van der Waals surface area contributed by atoms with E-state index in [1.807, 2.05) is 6.92 Å². The number of carbonyl (C=O) groups excluding carboxylic acids is 3. The summed E-state index contributed by atoms with van der Waals surface area (Å²) in [7, 11) is 2.42. The fraction of sp³-hybridized carbons (Fsp3) is 0.286. The number of nitrogens with zero attached hydrogens (tertiary/aromatic N) is 1. The first-order chi connectivity index (χ1) is 14.1. The predicted octanol–water partition coefficient (Wildman–Crippen LogP) is 3.70. The number of carbonyl (C=O) groups is 3. The van der Waals surface area contributed by atoms with Crippen LogP contribution in [-0.4, -0.2) is 48.0 Å². The van der Waals surface area contributed by atoms with Gasteiger partial charge < -0.3 is 19.5 Å². The third-order valence-corrected chi connectivity index (χ3v) is 6.65. The number of aromatic hydroxyl groups is 1. The molecule has 0 bridgehead atoms. The van der Waals surface area contributed by atoms with Crippen molar-refractivity contribution in [3.05, 3.63) is 61.1 Å². The lowest BCUT2D eigenvalue weighted by atomic mass is 9.93. The van der Waals surface area contributed by atoms with E-state index in [9.17, 15) is 19.5 Å². The van der Waals surface area contributed by atoms with E-state index in [2.05, 4.69) is 0 Å². The smallest absolute Gasteiger partial charge is 0.336 e. The Balaban J connectivity index is 2.24. The maximum atomic E-state index is 13.4. The van der Waals surface area contributed by atoms with Crippen LogP contribution >= 0.6 is 23.4 Å².